The summed E-state index contributed by atoms with van der Waals surface area (Å²) in [5.74, 6) is 2.42. The highest BCUT2D eigenvalue weighted by Gasteiger charge is 2.66. The van der Waals surface area contributed by atoms with Gasteiger partial charge in [0.05, 0.1) is 11.8 Å². The quantitative estimate of drug-likeness (QED) is 0.499. The molecule has 0 aromatic rings. The van der Waals surface area contributed by atoms with Crippen LogP contribution < -0.4 is 0 Å². The van der Waals surface area contributed by atoms with Gasteiger partial charge in [-0.3, -0.25) is 0 Å². The van der Waals surface area contributed by atoms with Crippen molar-refractivity contribution in [1.29, 1.82) is 0 Å². The molecule has 3 fully saturated rings. The molecule has 0 spiro atoms. The minimum atomic E-state index is -1.13. The number of aliphatic carboxylic acids is 1. The first-order chi connectivity index (χ1) is 13.6. The number of nitrogens with zero attached hydrogens (tertiary/aromatic N) is 1. The Morgan fingerprint density at radius 3 is 2.79 bits per heavy atom. The Hall–Kier alpha value is -1.84. The number of rotatable bonds is 3. The number of carboxylic acid groups (broad SMARTS) is 1. The summed E-state index contributed by atoms with van der Waals surface area (Å²) < 4.78 is 0. The van der Waals surface area contributed by atoms with Crippen LogP contribution in [0.25, 0.3) is 0 Å². The minimum absolute atomic E-state index is 0.119. The number of aliphatic hydroxyl groups excluding tert-OH is 1. The van der Waals surface area contributed by atoms with E-state index in [4.69, 9.17) is 16.4 Å². The number of carboxylic acids is 1. The molecule has 3 saturated carbocycles. The molecule has 3 N–H and O–H groups in total. The van der Waals surface area contributed by atoms with Gasteiger partial charge >= 0.3 is 5.97 Å². The van der Waals surface area contributed by atoms with Crippen LogP contribution in [0.3, 0.4) is 0 Å². The van der Waals surface area contributed by atoms with Gasteiger partial charge in [-0.15, -0.1) is 6.42 Å². The first-order valence-corrected chi connectivity index (χ1v) is 10.6. The molecule has 158 valence electrons. The largest absolute Gasteiger partial charge is 0.479 e. The predicted molar refractivity (Wildman–Crippen MR) is 108 cm³/mol. The molecule has 0 bridgehead atoms. The lowest BCUT2D eigenvalue weighted by atomic mass is 9.45. The Bertz CT molecular complexity index is 813. The van der Waals surface area contributed by atoms with E-state index >= 15 is 0 Å². The molecule has 0 heterocycles. The maximum absolute atomic E-state index is 11.3. The molecule has 29 heavy (non-hydrogen) atoms. The zero-order valence-electron chi connectivity index (χ0n) is 17.2. The Morgan fingerprint density at radius 1 is 1.34 bits per heavy atom. The normalized spacial score (nSPS) is 47.4. The van der Waals surface area contributed by atoms with E-state index in [0.29, 0.717) is 31.1 Å². The van der Waals surface area contributed by atoms with E-state index in [1.807, 2.05) is 0 Å². The van der Waals surface area contributed by atoms with Crippen molar-refractivity contribution in [3.05, 3.63) is 11.6 Å². The maximum atomic E-state index is 11.3. The molecule has 6 heteroatoms. The van der Waals surface area contributed by atoms with Gasteiger partial charge in [0.15, 0.2) is 0 Å². The molecule has 0 amide bonds. The lowest BCUT2D eigenvalue weighted by Crippen LogP contribution is -2.59. The summed E-state index contributed by atoms with van der Waals surface area (Å²) in [6, 6.07) is 0. The van der Waals surface area contributed by atoms with Crippen molar-refractivity contribution >= 4 is 11.7 Å². The highest BCUT2D eigenvalue weighted by atomic mass is 16.6. The average molecular weight is 402 g/mol. The van der Waals surface area contributed by atoms with Gasteiger partial charge in [-0.1, -0.05) is 30.5 Å². The van der Waals surface area contributed by atoms with Crippen molar-refractivity contribution in [3.8, 4) is 12.3 Å². The molecule has 0 radical (unpaired) electrons. The fraction of sp³-hybridized carbons (Fsp3) is 0.739. The van der Waals surface area contributed by atoms with Crippen LogP contribution in [0, 0.1) is 40.9 Å². The molecule has 4 aliphatic rings. The molecular weight excluding hydrogens is 370 g/mol. The summed E-state index contributed by atoms with van der Waals surface area (Å²) in [6.07, 6.45) is 12.8. The van der Waals surface area contributed by atoms with E-state index in [1.54, 1.807) is 0 Å². The number of aliphatic hydroxyl groups is 2. The van der Waals surface area contributed by atoms with Gasteiger partial charge in [-0.2, -0.15) is 0 Å². The van der Waals surface area contributed by atoms with Crippen LogP contribution in [0.1, 0.15) is 58.8 Å². The molecule has 0 aliphatic heterocycles. The Kier molecular flexibility index (Phi) is 4.83. The second-order valence-corrected chi connectivity index (χ2v) is 9.90. The fourth-order valence-corrected chi connectivity index (χ4v) is 7.18. The number of hydrogen-bond acceptors (Lipinski definition) is 5. The van der Waals surface area contributed by atoms with Gasteiger partial charge in [-0.05, 0) is 74.2 Å². The van der Waals surface area contributed by atoms with Gasteiger partial charge in [0.2, 0.25) is 6.61 Å². The molecule has 0 aromatic heterocycles. The van der Waals surface area contributed by atoms with Crippen molar-refractivity contribution < 1.29 is 25.0 Å². The number of terminal acetylenes is 1. The van der Waals surface area contributed by atoms with Crippen LogP contribution in [-0.4, -0.2) is 45.3 Å². The number of hydrogen-bond donors (Lipinski definition) is 3. The van der Waals surface area contributed by atoms with Crippen molar-refractivity contribution in [2.45, 2.75) is 70.5 Å². The van der Waals surface area contributed by atoms with Crippen molar-refractivity contribution in [2.75, 3.05) is 6.61 Å². The second-order valence-electron chi connectivity index (χ2n) is 9.90. The first kappa shape index (κ1) is 20.4. The average Bonchev–Trinajstić information content (AvgIpc) is 2.92. The van der Waals surface area contributed by atoms with E-state index < -0.39 is 29.7 Å². The minimum Gasteiger partial charge on any atom is -0.479 e. The third kappa shape index (κ3) is 2.93. The van der Waals surface area contributed by atoms with Crippen molar-refractivity contribution in [1.82, 2.24) is 0 Å². The summed E-state index contributed by atoms with van der Waals surface area (Å²) in [5.41, 5.74) is 0.359. The van der Waals surface area contributed by atoms with E-state index in [0.717, 1.165) is 31.4 Å². The topological polar surface area (TPSA) is 99.4 Å². The Balaban J connectivity index is 1.62. The van der Waals surface area contributed by atoms with E-state index in [-0.39, 0.29) is 11.3 Å². The zero-order valence-corrected chi connectivity index (χ0v) is 17.2. The second kappa shape index (κ2) is 6.85. The number of allylic oxidation sites excluding steroid dienone is 2. The van der Waals surface area contributed by atoms with Crippen LogP contribution >= 0.6 is 0 Å². The first-order valence-electron chi connectivity index (χ1n) is 10.6. The smallest absolute Gasteiger partial charge is 0.344 e. The maximum Gasteiger partial charge on any atom is 0.344 e. The van der Waals surface area contributed by atoms with Crippen LogP contribution in [-0.2, 0) is 9.63 Å². The molecule has 6 nitrogen and oxygen atoms in total. The van der Waals surface area contributed by atoms with E-state index in [1.165, 1.54) is 5.57 Å². The third-order valence-electron chi connectivity index (χ3n) is 8.67. The SMILES string of the molecule is C#C[C@@]1(O)CCC2C3CCC4=C/C(=N/OCC(=O)O)CCC4(C)C3C(O)CC21C. The fourth-order valence-electron chi connectivity index (χ4n) is 7.18. The van der Waals surface area contributed by atoms with Crippen molar-refractivity contribution in [2.24, 2.45) is 33.7 Å². The Morgan fingerprint density at radius 2 is 2.10 bits per heavy atom. The highest BCUT2D eigenvalue weighted by molar-refractivity contribution is 5.96. The molecular formula is C23H31NO5. The number of fused-ring (bicyclic) bond motifs is 5. The van der Waals surface area contributed by atoms with Gasteiger partial charge in [-0.25, -0.2) is 4.79 Å². The molecule has 7 atom stereocenters. The van der Waals surface area contributed by atoms with Crippen LogP contribution in [0.5, 0.6) is 0 Å². The molecule has 0 saturated heterocycles. The van der Waals surface area contributed by atoms with Crippen LogP contribution in [0.2, 0.25) is 0 Å². The van der Waals surface area contributed by atoms with Crippen LogP contribution in [0.4, 0.5) is 0 Å². The summed E-state index contributed by atoms with van der Waals surface area (Å²) in [7, 11) is 0. The monoisotopic (exact) mass is 401 g/mol. The van der Waals surface area contributed by atoms with Gasteiger partial charge in [0.25, 0.3) is 0 Å². The summed E-state index contributed by atoms with van der Waals surface area (Å²) in [5, 5.41) is 35.1. The standard InChI is InChI=1S/C23H31NO5/c1-4-23(28)10-8-17-16-6-5-14-11-15(24-29-13-19(26)27)7-9-21(14,2)20(16)18(25)12-22(17,23)3/h1,11,16-18,20,25,28H,5-10,12-13H2,2-3H3,(H,26,27)/b24-15+/t16?,17?,18?,20?,21?,22?,23-/m1/s1. The van der Waals surface area contributed by atoms with E-state index in [9.17, 15) is 15.0 Å². The highest BCUT2D eigenvalue weighted by Crippen LogP contribution is 2.67. The molecule has 4 aliphatic carbocycles. The Labute approximate surface area is 172 Å². The predicted octanol–water partition coefficient (Wildman–Crippen LogP) is 2.74. The summed E-state index contributed by atoms with van der Waals surface area (Å²) in [4.78, 5) is 15.6. The molecule has 0 aromatic carbocycles. The molecule has 4 rings (SSSR count). The molecule has 6 unspecified atom stereocenters. The third-order valence-corrected chi connectivity index (χ3v) is 8.67. The lowest BCUT2D eigenvalue weighted by molar-refractivity contribution is -0.153. The number of carbonyl (C=O) groups is 1. The van der Waals surface area contributed by atoms with Gasteiger partial charge in [0.1, 0.15) is 5.60 Å². The summed E-state index contributed by atoms with van der Waals surface area (Å²) in [6.45, 7) is 3.88. The number of oxime groups is 1. The van der Waals surface area contributed by atoms with Gasteiger partial charge in [0, 0.05) is 5.41 Å². The van der Waals surface area contributed by atoms with Crippen LogP contribution in [0.15, 0.2) is 16.8 Å². The lowest BCUT2D eigenvalue weighted by Gasteiger charge is -2.60. The van der Waals surface area contributed by atoms with Crippen molar-refractivity contribution in [3.63, 3.8) is 0 Å². The van der Waals surface area contributed by atoms with Gasteiger partial charge < -0.3 is 20.2 Å². The van der Waals surface area contributed by atoms with E-state index in [2.05, 4.69) is 31.0 Å². The summed E-state index contributed by atoms with van der Waals surface area (Å²) >= 11 is 0. The zero-order chi connectivity index (χ0) is 21.0.